The first-order valence-corrected chi connectivity index (χ1v) is 7.81. The Morgan fingerprint density at radius 3 is 2.19 bits per heavy atom. The molecule has 0 radical (unpaired) electrons. The number of benzene rings is 2. The van der Waals surface area contributed by atoms with Crippen molar-refractivity contribution in [1.29, 1.82) is 0 Å². The van der Waals surface area contributed by atoms with Gasteiger partial charge in [0.25, 0.3) is 0 Å². The summed E-state index contributed by atoms with van der Waals surface area (Å²) in [5.41, 5.74) is 7.84. The minimum atomic E-state index is 0.560. The highest BCUT2D eigenvalue weighted by Gasteiger charge is 1.96. The van der Waals surface area contributed by atoms with Crippen LogP contribution in [0.15, 0.2) is 53.0 Å². The van der Waals surface area contributed by atoms with Crippen LogP contribution in [0.5, 0.6) is 5.75 Å². The Labute approximate surface area is 134 Å². The molecule has 0 aliphatic carbocycles. The van der Waals surface area contributed by atoms with Crippen molar-refractivity contribution >= 4 is 15.9 Å². The molecule has 0 aromatic heterocycles. The Hall–Kier alpha value is -1.36. The first-order chi connectivity index (χ1) is 10.3. The summed E-state index contributed by atoms with van der Waals surface area (Å²) in [6, 6.07) is 16.0. The molecule has 0 unspecified atom stereocenters. The van der Waals surface area contributed by atoms with Gasteiger partial charge in [0, 0.05) is 17.4 Å². The lowest BCUT2D eigenvalue weighted by atomic mass is 10.2. The normalized spacial score (nSPS) is 10.6. The number of nitrogens with two attached hydrogens (primary N) is 1. The lowest BCUT2D eigenvalue weighted by Gasteiger charge is -2.07. The fourth-order valence-corrected chi connectivity index (χ4v) is 2.11. The van der Waals surface area contributed by atoms with Crippen LogP contribution in [0, 0.1) is 0 Å². The molecule has 0 saturated carbocycles. The summed E-state index contributed by atoms with van der Waals surface area (Å²) in [6.07, 6.45) is 0.870. The Balaban J connectivity index is 1.58. The van der Waals surface area contributed by atoms with Gasteiger partial charge in [0.1, 0.15) is 5.75 Å². The zero-order valence-corrected chi connectivity index (χ0v) is 13.5. The molecule has 0 heterocycles. The van der Waals surface area contributed by atoms with Crippen LogP contribution in [0.3, 0.4) is 0 Å². The molecule has 2 aromatic carbocycles. The second kappa shape index (κ2) is 8.82. The van der Waals surface area contributed by atoms with Crippen molar-refractivity contribution in [2.75, 3.05) is 13.2 Å². The number of ether oxygens (including phenoxy) is 2. The third-order valence-corrected chi connectivity index (χ3v) is 3.57. The molecule has 21 heavy (non-hydrogen) atoms. The quantitative estimate of drug-likeness (QED) is 0.735. The van der Waals surface area contributed by atoms with Crippen LogP contribution >= 0.6 is 15.9 Å². The first kappa shape index (κ1) is 16.0. The van der Waals surface area contributed by atoms with Crippen LogP contribution < -0.4 is 10.5 Å². The molecule has 0 spiro atoms. The number of hydrogen-bond acceptors (Lipinski definition) is 3. The van der Waals surface area contributed by atoms with Crippen molar-refractivity contribution in [3.8, 4) is 5.75 Å². The second-order valence-electron chi connectivity index (χ2n) is 4.73. The lowest BCUT2D eigenvalue weighted by molar-refractivity contribution is 0.107. The van der Waals surface area contributed by atoms with Gasteiger partial charge in [-0.1, -0.05) is 40.2 Å². The highest BCUT2D eigenvalue weighted by atomic mass is 79.9. The van der Waals surface area contributed by atoms with E-state index in [2.05, 4.69) is 28.1 Å². The van der Waals surface area contributed by atoms with E-state index < -0.39 is 0 Å². The van der Waals surface area contributed by atoms with Gasteiger partial charge >= 0.3 is 0 Å². The summed E-state index contributed by atoms with van der Waals surface area (Å²) in [5.74, 6) is 0.875. The average molecular weight is 350 g/mol. The van der Waals surface area contributed by atoms with Gasteiger partial charge in [0.15, 0.2) is 0 Å². The van der Waals surface area contributed by atoms with Crippen LogP contribution in [-0.4, -0.2) is 13.2 Å². The second-order valence-corrected chi connectivity index (χ2v) is 5.64. The molecule has 2 N–H and O–H groups in total. The molecular weight excluding hydrogens is 330 g/mol. The predicted molar refractivity (Wildman–Crippen MR) is 88.2 cm³/mol. The summed E-state index contributed by atoms with van der Waals surface area (Å²) in [5, 5.41) is 0. The highest BCUT2D eigenvalue weighted by molar-refractivity contribution is 9.10. The largest absolute Gasteiger partial charge is 0.494 e. The monoisotopic (exact) mass is 349 g/mol. The van der Waals surface area contributed by atoms with Crippen molar-refractivity contribution in [1.82, 2.24) is 0 Å². The Bertz CT molecular complexity index is 525. The van der Waals surface area contributed by atoms with Gasteiger partial charge < -0.3 is 15.2 Å². The summed E-state index contributed by atoms with van der Waals surface area (Å²) in [7, 11) is 0. The fourth-order valence-electron chi connectivity index (χ4n) is 1.84. The van der Waals surface area contributed by atoms with E-state index in [1.54, 1.807) is 0 Å². The predicted octanol–water partition coefficient (Wildman–Crippen LogP) is 3.89. The number of hydrogen-bond donors (Lipinski definition) is 1. The van der Waals surface area contributed by atoms with Crippen LogP contribution in [0.4, 0.5) is 0 Å². The standard InChI is InChI=1S/C17H20BrNO2/c18-16-6-2-15(3-7-16)13-20-10-1-11-21-17-8-4-14(12-19)5-9-17/h2-9H,1,10-13,19H2. The van der Waals surface area contributed by atoms with Gasteiger partial charge in [-0.25, -0.2) is 0 Å². The third kappa shape index (κ3) is 5.87. The average Bonchev–Trinajstić information content (AvgIpc) is 2.53. The van der Waals surface area contributed by atoms with E-state index in [9.17, 15) is 0 Å². The maximum atomic E-state index is 5.65. The maximum absolute atomic E-state index is 5.65. The van der Waals surface area contributed by atoms with E-state index in [1.165, 1.54) is 5.56 Å². The zero-order chi connectivity index (χ0) is 14.9. The van der Waals surface area contributed by atoms with Gasteiger partial charge in [0.2, 0.25) is 0 Å². The van der Waals surface area contributed by atoms with Gasteiger partial charge in [-0.15, -0.1) is 0 Å². The Kier molecular flexibility index (Phi) is 6.73. The molecule has 2 aromatic rings. The number of rotatable bonds is 8. The van der Waals surface area contributed by atoms with Crippen molar-refractivity contribution in [3.05, 3.63) is 64.1 Å². The van der Waals surface area contributed by atoms with E-state index in [1.807, 2.05) is 36.4 Å². The van der Waals surface area contributed by atoms with Gasteiger partial charge in [-0.05, 0) is 35.4 Å². The Morgan fingerprint density at radius 1 is 0.857 bits per heavy atom. The molecule has 0 fully saturated rings. The van der Waals surface area contributed by atoms with E-state index in [0.717, 1.165) is 22.2 Å². The van der Waals surface area contributed by atoms with Crippen LogP contribution in [0.25, 0.3) is 0 Å². The molecule has 4 heteroatoms. The van der Waals surface area contributed by atoms with Crippen molar-refractivity contribution in [2.45, 2.75) is 19.6 Å². The molecule has 3 nitrogen and oxygen atoms in total. The molecule has 0 aliphatic heterocycles. The van der Waals surface area contributed by atoms with Crippen LogP contribution in [0.1, 0.15) is 17.5 Å². The topological polar surface area (TPSA) is 44.5 Å². The van der Waals surface area contributed by atoms with E-state index >= 15 is 0 Å². The molecule has 2 rings (SSSR count). The molecule has 0 bridgehead atoms. The molecular formula is C17H20BrNO2. The molecule has 112 valence electrons. The highest BCUT2D eigenvalue weighted by Crippen LogP contribution is 2.13. The van der Waals surface area contributed by atoms with Gasteiger partial charge in [0.05, 0.1) is 19.8 Å². The SMILES string of the molecule is NCc1ccc(OCCCOCc2ccc(Br)cc2)cc1. The van der Waals surface area contributed by atoms with Crippen molar-refractivity contribution in [3.63, 3.8) is 0 Å². The molecule has 0 amide bonds. The number of halogens is 1. The minimum Gasteiger partial charge on any atom is -0.494 e. The maximum Gasteiger partial charge on any atom is 0.119 e. The molecule has 0 atom stereocenters. The van der Waals surface area contributed by atoms with Crippen molar-refractivity contribution < 1.29 is 9.47 Å². The van der Waals surface area contributed by atoms with Gasteiger partial charge in [-0.2, -0.15) is 0 Å². The summed E-state index contributed by atoms with van der Waals surface area (Å²) >= 11 is 3.41. The third-order valence-electron chi connectivity index (χ3n) is 3.04. The minimum absolute atomic E-state index is 0.560. The first-order valence-electron chi connectivity index (χ1n) is 7.02. The van der Waals surface area contributed by atoms with E-state index in [4.69, 9.17) is 15.2 Å². The lowest BCUT2D eigenvalue weighted by Crippen LogP contribution is -2.03. The van der Waals surface area contributed by atoms with Crippen LogP contribution in [-0.2, 0) is 17.9 Å². The summed E-state index contributed by atoms with van der Waals surface area (Å²) in [6.45, 7) is 2.54. The summed E-state index contributed by atoms with van der Waals surface area (Å²) in [4.78, 5) is 0. The zero-order valence-electron chi connectivity index (χ0n) is 11.9. The Morgan fingerprint density at radius 2 is 1.52 bits per heavy atom. The van der Waals surface area contributed by atoms with E-state index in [0.29, 0.717) is 26.4 Å². The van der Waals surface area contributed by atoms with E-state index in [-0.39, 0.29) is 0 Å². The fraction of sp³-hybridized carbons (Fsp3) is 0.294. The molecule has 0 aliphatic rings. The molecule has 0 saturated heterocycles. The van der Waals surface area contributed by atoms with Crippen LogP contribution in [0.2, 0.25) is 0 Å². The van der Waals surface area contributed by atoms with Gasteiger partial charge in [-0.3, -0.25) is 0 Å². The van der Waals surface area contributed by atoms with Crippen molar-refractivity contribution in [2.24, 2.45) is 5.73 Å². The summed E-state index contributed by atoms with van der Waals surface area (Å²) < 4.78 is 12.4. The smallest absolute Gasteiger partial charge is 0.119 e.